The van der Waals surface area contributed by atoms with Gasteiger partial charge in [-0.25, -0.2) is 9.97 Å². The van der Waals surface area contributed by atoms with E-state index in [1.54, 1.807) is 10.9 Å². The number of alkyl halides is 3. The molecule has 2 aromatic heterocycles. The molecule has 0 fully saturated rings. The molecule has 0 atom stereocenters. The molecule has 3 rings (SSSR count). The van der Waals surface area contributed by atoms with E-state index in [9.17, 15) is 13.2 Å². The highest BCUT2D eigenvalue weighted by Crippen LogP contribution is 2.27. The van der Waals surface area contributed by atoms with E-state index < -0.39 is 12.0 Å². The van der Waals surface area contributed by atoms with Crippen LogP contribution in [-0.4, -0.2) is 31.2 Å². The molecular weight excluding hydrogens is 283 g/mol. The molecule has 5 nitrogen and oxygen atoms in total. The van der Waals surface area contributed by atoms with Gasteiger partial charge < -0.3 is 0 Å². The van der Waals surface area contributed by atoms with E-state index in [4.69, 9.17) is 0 Å². The van der Waals surface area contributed by atoms with E-state index in [-0.39, 0.29) is 0 Å². The number of nitrogens with zero attached hydrogens (tertiary/aromatic N) is 5. The quantitative estimate of drug-likeness (QED) is 0.848. The number of aryl methyl sites for hydroxylation is 1. The van der Waals surface area contributed by atoms with Gasteiger partial charge in [-0.05, 0) is 6.07 Å². The van der Waals surface area contributed by atoms with Crippen molar-refractivity contribution in [2.24, 2.45) is 7.05 Å². The van der Waals surface area contributed by atoms with Crippen molar-refractivity contribution in [2.75, 3.05) is 6.54 Å². The fourth-order valence-electron chi connectivity index (χ4n) is 2.43. The van der Waals surface area contributed by atoms with Gasteiger partial charge in [0.25, 0.3) is 0 Å². The topological polar surface area (TPSA) is 46.8 Å². The first-order chi connectivity index (χ1) is 9.93. The van der Waals surface area contributed by atoms with Crippen LogP contribution in [0.25, 0.3) is 0 Å². The number of halogens is 3. The van der Waals surface area contributed by atoms with E-state index in [1.165, 1.54) is 6.20 Å². The largest absolute Gasteiger partial charge is 0.451 e. The lowest BCUT2D eigenvalue weighted by Crippen LogP contribution is -2.32. The zero-order chi connectivity index (χ0) is 15.0. The first-order valence-corrected chi connectivity index (χ1v) is 6.55. The number of hydrogen-bond donors (Lipinski definition) is 0. The Kier molecular flexibility index (Phi) is 3.40. The van der Waals surface area contributed by atoms with Gasteiger partial charge in [0.15, 0.2) is 0 Å². The fourth-order valence-corrected chi connectivity index (χ4v) is 2.43. The third-order valence-corrected chi connectivity index (χ3v) is 3.57. The zero-order valence-corrected chi connectivity index (χ0v) is 11.4. The average Bonchev–Trinajstić information content (AvgIpc) is 2.82. The summed E-state index contributed by atoms with van der Waals surface area (Å²) in [6, 6.07) is 1.93. The van der Waals surface area contributed by atoms with Crippen LogP contribution in [0.5, 0.6) is 0 Å². The highest BCUT2D eigenvalue weighted by molar-refractivity contribution is 5.21. The number of aromatic nitrogens is 4. The van der Waals surface area contributed by atoms with Crippen molar-refractivity contribution >= 4 is 0 Å². The summed E-state index contributed by atoms with van der Waals surface area (Å²) in [5.74, 6) is -1.05. The lowest BCUT2D eigenvalue weighted by atomic mass is 10.1. The Morgan fingerprint density at radius 3 is 2.81 bits per heavy atom. The summed E-state index contributed by atoms with van der Waals surface area (Å²) in [5, 5.41) is 4.11. The van der Waals surface area contributed by atoms with Crippen LogP contribution in [0.15, 0.2) is 18.5 Å². The molecule has 1 aliphatic rings. The molecule has 2 aromatic rings. The van der Waals surface area contributed by atoms with Gasteiger partial charge in [-0.3, -0.25) is 9.58 Å². The lowest BCUT2D eigenvalue weighted by Gasteiger charge is -2.28. The van der Waals surface area contributed by atoms with Crippen molar-refractivity contribution in [3.05, 3.63) is 41.2 Å². The molecule has 0 unspecified atom stereocenters. The van der Waals surface area contributed by atoms with Gasteiger partial charge >= 0.3 is 6.18 Å². The second-order valence-electron chi connectivity index (χ2n) is 5.07. The maximum absolute atomic E-state index is 12.6. The maximum atomic E-state index is 12.6. The molecule has 1 aliphatic heterocycles. The van der Waals surface area contributed by atoms with Crippen LogP contribution in [0.2, 0.25) is 0 Å². The third-order valence-electron chi connectivity index (χ3n) is 3.57. The van der Waals surface area contributed by atoms with Crippen LogP contribution in [-0.2, 0) is 32.7 Å². The lowest BCUT2D eigenvalue weighted by molar-refractivity contribution is -0.145. The first-order valence-electron chi connectivity index (χ1n) is 6.55. The molecule has 0 aliphatic carbocycles. The van der Waals surface area contributed by atoms with Gasteiger partial charge in [0.1, 0.15) is 0 Å². The standard InChI is InChI=1S/C13H14F3N5/c1-20-10(2-4-18-20)8-21-5-3-11-9(7-21)6-17-12(19-11)13(14,15)16/h2,4,6H,3,5,7-8H2,1H3. The Morgan fingerprint density at radius 2 is 2.14 bits per heavy atom. The third kappa shape index (κ3) is 2.90. The molecule has 8 heteroatoms. The van der Waals surface area contributed by atoms with Crippen LogP contribution >= 0.6 is 0 Å². The van der Waals surface area contributed by atoms with E-state index in [0.717, 1.165) is 11.3 Å². The minimum absolute atomic E-state index is 0.499. The van der Waals surface area contributed by atoms with Gasteiger partial charge in [0.2, 0.25) is 5.82 Å². The summed E-state index contributed by atoms with van der Waals surface area (Å²) in [5.41, 5.74) is 2.32. The normalized spacial score (nSPS) is 16.0. The average molecular weight is 297 g/mol. The maximum Gasteiger partial charge on any atom is 0.451 e. The molecule has 0 radical (unpaired) electrons. The molecule has 0 amide bonds. The van der Waals surface area contributed by atoms with Crippen LogP contribution in [0.3, 0.4) is 0 Å². The van der Waals surface area contributed by atoms with Crippen LogP contribution < -0.4 is 0 Å². The molecule has 3 heterocycles. The summed E-state index contributed by atoms with van der Waals surface area (Å²) >= 11 is 0. The summed E-state index contributed by atoms with van der Waals surface area (Å²) in [4.78, 5) is 9.23. The highest BCUT2D eigenvalue weighted by Gasteiger charge is 2.35. The number of fused-ring (bicyclic) bond motifs is 1. The first kappa shape index (κ1) is 14.0. The molecule has 0 saturated heterocycles. The fraction of sp³-hybridized carbons (Fsp3) is 0.462. The highest BCUT2D eigenvalue weighted by atomic mass is 19.4. The van der Waals surface area contributed by atoms with Crippen molar-refractivity contribution in [1.82, 2.24) is 24.6 Å². The van der Waals surface area contributed by atoms with Gasteiger partial charge in [-0.1, -0.05) is 0 Å². The van der Waals surface area contributed by atoms with E-state index >= 15 is 0 Å². The van der Waals surface area contributed by atoms with Crippen LogP contribution in [0.4, 0.5) is 13.2 Å². The van der Waals surface area contributed by atoms with Crippen molar-refractivity contribution < 1.29 is 13.2 Å². The van der Waals surface area contributed by atoms with Gasteiger partial charge in [0, 0.05) is 51.1 Å². The van der Waals surface area contributed by atoms with Crippen LogP contribution in [0, 0.1) is 0 Å². The van der Waals surface area contributed by atoms with Gasteiger partial charge in [-0.2, -0.15) is 18.3 Å². The SMILES string of the molecule is Cn1nccc1CN1CCc2nc(C(F)(F)F)ncc2C1. The molecular formula is C13H14F3N5. The van der Waals surface area contributed by atoms with E-state index in [2.05, 4.69) is 20.0 Å². The monoisotopic (exact) mass is 297 g/mol. The van der Waals surface area contributed by atoms with E-state index in [1.807, 2.05) is 13.1 Å². The van der Waals surface area contributed by atoms with Gasteiger partial charge in [0.05, 0.1) is 11.4 Å². The molecule has 0 bridgehead atoms. The molecule has 0 aromatic carbocycles. The molecule has 112 valence electrons. The molecule has 0 spiro atoms. The Hall–Kier alpha value is -1.96. The zero-order valence-electron chi connectivity index (χ0n) is 11.4. The van der Waals surface area contributed by atoms with E-state index in [0.29, 0.717) is 31.7 Å². The van der Waals surface area contributed by atoms with Crippen LogP contribution in [0.1, 0.15) is 22.8 Å². The molecule has 21 heavy (non-hydrogen) atoms. The molecule has 0 saturated carbocycles. The smallest absolute Gasteiger partial charge is 0.293 e. The van der Waals surface area contributed by atoms with Gasteiger partial charge in [-0.15, -0.1) is 0 Å². The number of hydrogen-bond acceptors (Lipinski definition) is 4. The van der Waals surface area contributed by atoms with Crippen molar-refractivity contribution in [1.29, 1.82) is 0 Å². The Balaban J connectivity index is 1.76. The van der Waals surface area contributed by atoms with Crippen molar-refractivity contribution in [2.45, 2.75) is 25.7 Å². The Morgan fingerprint density at radius 1 is 1.33 bits per heavy atom. The molecule has 0 N–H and O–H groups in total. The predicted molar refractivity (Wildman–Crippen MR) is 68.1 cm³/mol. The summed E-state index contributed by atoms with van der Waals surface area (Å²) in [6.45, 7) is 1.93. The van der Waals surface area contributed by atoms with Crippen molar-refractivity contribution in [3.8, 4) is 0 Å². The minimum Gasteiger partial charge on any atom is -0.293 e. The van der Waals surface area contributed by atoms with Crippen molar-refractivity contribution in [3.63, 3.8) is 0 Å². The Labute approximate surface area is 119 Å². The predicted octanol–water partition coefficient (Wildman–Crippen LogP) is 1.79. The summed E-state index contributed by atoms with van der Waals surface area (Å²) < 4.78 is 39.5. The second kappa shape index (κ2) is 5.10. The Bertz CT molecular complexity index is 649. The second-order valence-corrected chi connectivity index (χ2v) is 5.07. The summed E-state index contributed by atoms with van der Waals surface area (Å²) in [7, 11) is 1.87. The summed E-state index contributed by atoms with van der Waals surface area (Å²) in [6.07, 6.45) is -0.966. The number of rotatable bonds is 2. The minimum atomic E-state index is -4.49.